The summed E-state index contributed by atoms with van der Waals surface area (Å²) in [5, 5.41) is 0. The van der Waals surface area contributed by atoms with Gasteiger partial charge in [-0.15, -0.1) is 0 Å². The zero-order chi connectivity index (χ0) is 10.1. The molecule has 0 aliphatic carbocycles. The van der Waals surface area contributed by atoms with Gasteiger partial charge in [-0.2, -0.15) is 0 Å². The van der Waals surface area contributed by atoms with Gasteiger partial charge in [0.1, 0.15) is 0 Å². The van der Waals surface area contributed by atoms with E-state index in [2.05, 4.69) is 55.8 Å². The fourth-order valence-electron chi connectivity index (χ4n) is 1.70. The Morgan fingerprint density at radius 2 is 2.00 bits per heavy atom. The number of hydrogen-bond acceptors (Lipinski definition) is 0. The van der Waals surface area contributed by atoms with Crippen LogP contribution in [-0.2, 0) is 6.42 Å². The lowest BCUT2D eigenvalue weighted by molar-refractivity contribution is 0.865. The Morgan fingerprint density at radius 1 is 1.21 bits per heavy atom. The molecule has 0 N–H and O–H groups in total. The van der Waals surface area contributed by atoms with Crippen LogP contribution in [0.25, 0.3) is 5.52 Å². The number of fused-ring (bicyclic) bond motifs is 1. The topological polar surface area (TPSA) is 4.41 Å². The van der Waals surface area contributed by atoms with Gasteiger partial charge in [-0.1, -0.05) is 26.8 Å². The normalized spacial score (nSPS) is 11.4. The summed E-state index contributed by atoms with van der Waals surface area (Å²) in [5.41, 5.74) is 4.10. The van der Waals surface area contributed by atoms with E-state index >= 15 is 0 Å². The lowest BCUT2D eigenvalue weighted by Gasteiger charge is -1.98. The van der Waals surface area contributed by atoms with Crippen LogP contribution in [0, 0.1) is 0 Å². The van der Waals surface area contributed by atoms with Gasteiger partial charge in [0.2, 0.25) is 0 Å². The van der Waals surface area contributed by atoms with Crippen LogP contribution >= 0.6 is 0 Å². The molecule has 74 valence electrons. The highest BCUT2D eigenvalue weighted by Gasteiger charge is 2.03. The predicted molar refractivity (Wildman–Crippen MR) is 60.9 cm³/mol. The zero-order valence-corrected chi connectivity index (χ0v) is 9.12. The van der Waals surface area contributed by atoms with Gasteiger partial charge in [0.05, 0.1) is 0 Å². The Hall–Kier alpha value is -1.24. The average molecular weight is 187 g/mol. The zero-order valence-electron chi connectivity index (χ0n) is 9.12. The van der Waals surface area contributed by atoms with Gasteiger partial charge >= 0.3 is 0 Å². The quantitative estimate of drug-likeness (QED) is 0.676. The molecule has 2 rings (SSSR count). The van der Waals surface area contributed by atoms with Gasteiger partial charge in [0, 0.05) is 17.9 Å². The first kappa shape index (κ1) is 9.32. The number of aryl methyl sites for hydroxylation is 1. The molecule has 2 aromatic heterocycles. The summed E-state index contributed by atoms with van der Waals surface area (Å²) in [6.07, 6.45) is 5.56. The van der Waals surface area contributed by atoms with Crippen molar-refractivity contribution in [2.24, 2.45) is 0 Å². The summed E-state index contributed by atoms with van der Waals surface area (Å²) in [6.45, 7) is 6.65. The summed E-state index contributed by atoms with van der Waals surface area (Å²) >= 11 is 0. The van der Waals surface area contributed by atoms with Crippen molar-refractivity contribution in [3.8, 4) is 0 Å². The highest BCUT2D eigenvalue weighted by Crippen LogP contribution is 2.19. The Morgan fingerprint density at radius 3 is 2.64 bits per heavy atom. The molecule has 0 aromatic carbocycles. The number of hydrogen-bond donors (Lipinski definition) is 0. The summed E-state index contributed by atoms with van der Waals surface area (Å²) < 4.78 is 2.23. The van der Waals surface area contributed by atoms with Crippen LogP contribution in [0.15, 0.2) is 30.6 Å². The van der Waals surface area contributed by atoms with Crippen molar-refractivity contribution < 1.29 is 0 Å². The molecule has 0 aliphatic heterocycles. The lowest BCUT2D eigenvalue weighted by Crippen LogP contribution is -1.86. The van der Waals surface area contributed by atoms with E-state index in [0.717, 1.165) is 6.42 Å². The molecule has 2 aromatic rings. The Balaban J connectivity index is 2.54. The van der Waals surface area contributed by atoms with Gasteiger partial charge < -0.3 is 4.40 Å². The molecule has 0 atom stereocenters. The van der Waals surface area contributed by atoms with E-state index in [0.29, 0.717) is 5.92 Å². The molecule has 0 bridgehead atoms. The summed E-state index contributed by atoms with van der Waals surface area (Å²) in [4.78, 5) is 0. The molecule has 0 aliphatic rings. The second-order valence-electron chi connectivity index (χ2n) is 4.15. The molecule has 0 fully saturated rings. The molecule has 0 unspecified atom stereocenters. The molecule has 1 heteroatoms. The van der Waals surface area contributed by atoms with E-state index in [4.69, 9.17) is 0 Å². The number of nitrogens with zero attached hydrogens (tertiary/aromatic N) is 1. The van der Waals surface area contributed by atoms with Crippen molar-refractivity contribution in [1.29, 1.82) is 0 Å². The second kappa shape index (κ2) is 3.49. The minimum absolute atomic E-state index is 0.611. The van der Waals surface area contributed by atoms with Crippen LogP contribution in [0.2, 0.25) is 0 Å². The van der Waals surface area contributed by atoms with Crippen LogP contribution in [0.5, 0.6) is 0 Å². The van der Waals surface area contributed by atoms with Crippen LogP contribution in [0.4, 0.5) is 0 Å². The maximum atomic E-state index is 2.27. The fraction of sp³-hybridized carbons (Fsp3) is 0.385. The number of pyridine rings is 1. The van der Waals surface area contributed by atoms with Crippen LogP contribution < -0.4 is 0 Å². The molecule has 0 saturated carbocycles. The Bertz CT molecular complexity index is 437. The molecular weight excluding hydrogens is 170 g/mol. The Labute approximate surface area is 85.4 Å². The van der Waals surface area contributed by atoms with Gasteiger partial charge in [0.25, 0.3) is 0 Å². The van der Waals surface area contributed by atoms with E-state index in [1.165, 1.54) is 16.6 Å². The average Bonchev–Trinajstić information content (AvgIpc) is 2.59. The van der Waals surface area contributed by atoms with E-state index in [1.807, 2.05) is 0 Å². The third kappa shape index (κ3) is 1.54. The maximum absolute atomic E-state index is 2.27. The van der Waals surface area contributed by atoms with Crippen molar-refractivity contribution in [3.63, 3.8) is 0 Å². The highest BCUT2D eigenvalue weighted by molar-refractivity contribution is 5.51. The summed E-state index contributed by atoms with van der Waals surface area (Å²) in [7, 11) is 0. The van der Waals surface area contributed by atoms with Crippen molar-refractivity contribution in [1.82, 2.24) is 4.40 Å². The van der Waals surface area contributed by atoms with Crippen molar-refractivity contribution in [2.45, 2.75) is 33.1 Å². The van der Waals surface area contributed by atoms with E-state index in [1.54, 1.807) is 0 Å². The van der Waals surface area contributed by atoms with Crippen LogP contribution in [-0.4, -0.2) is 4.40 Å². The van der Waals surface area contributed by atoms with Gasteiger partial charge in [-0.05, 0) is 35.6 Å². The number of aromatic nitrogens is 1. The molecule has 0 saturated heterocycles. The van der Waals surface area contributed by atoms with Crippen molar-refractivity contribution in [3.05, 3.63) is 41.7 Å². The van der Waals surface area contributed by atoms with Gasteiger partial charge in [-0.3, -0.25) is 0 Å². The Kier molecular flexibility index (Phi) is 2.32. The molecule has 0 spiro atoms. The molecule has 2 heterocycles. The molecule has 0 amide bonds. The minimum atomic E-state index is 0.611. The first-order valence-electron chi connectivity index (χ1n) is 5.31. The van der Waals surface area contributed by atoms with Crippen LogP contribution in [0.1, 0.15) is 37.8 Å². The largest absolute Gasteiger partial charge is 0.323 e. The first-order valence-corrected chi connectivity index (χ1v) is 5.31. The SMILES string of the molecule is CCc1ccc2cc(C(C)C)cn2c1. The molecular formula is C13H17N. The third-order valence-corrected chi connectivity index (χ3v) is 2.75. The predicted octanol–water partition coefficient (Wildman–Crippen LogP) is 3.63. The summed E-state index contributed by atoms with van der Waals surface area (Å²) in [6, 6.07) is 6.67. The van der Waals surface area contributed by atoms with E-state index in [-0.39, 0.29) is 0 Å². The molecule has 0 radical (unpaired) electrons. The van der Waals surface area contributed by atoms with Crippen molar-refractivity contribution in [2.75, 3.05) is 0 Å². The van der Waals surface area contributed by atoms with E-state index in [9.17, 15) is 0 Å². The monoisotopic (exact) mass is 187 g/mol. The standard InChI is InChI=1S/C13H17N/c1-4-11-5-6-13-7-12(10(2)3)9-14(13)8-11/h5-10H,4H2,1-3H3. The molecule has 1 nitrogen and oxygen atoms in total. The molecule has 14 heavy (non-hydrogen) atoms. The highest BCUT2D eigenvalue weighted by atomic mass is 14.9. The van der Waals surface area contributed by atoms with Crippen molar-refractivity contribution >= 4 is 5.52 Å². The number of rotatable bonds is 2. The van der Waals surface area contributed by atoms with Gasteiger partial charge in [0.15, 0.2) is 0 Å². The minimum Gasteiger partial charge on any atom is -0.323 e. The summed E-state index contributed by atoms with van der Waals surface area (Å²) in [5.74, 6) is 0.611. The first-order chi connectivity index (χ1) is 6.70. The van der Waals surface area contributed by atoms with Gasteiger partial charge in [-0.25, -0.2) is 0 Å². The maximum Gasteiger partial charge on any atom is 0.0453 e. The fourth-order valence-corrected chi connectivity index (χ4v) is 1.70. The third-order valence-electron chi connectivity index (χ3n) is 2.75. The smallest absolute Gasteiger partial charge is 0.0453 e. The van der Waals surface area contributed by atoms with E-state index < -0.39 is 0 Å². The van der Waals surface area contributed by atoms with Crippen LogP contribution in [0.3, 0.4) is 0 Å². The second-order valence-corrected chi connectivity index (χ2v) is 4.15. The lowest BCUT2D eigenvalue weighted by atomic mass is 10.1.